The molecule has 0 aliphatic heterocycles. The van der Waals surface area contributed by atoms with Crippen LogP contribution in [0.25, 0.3) is 11.0 Å². The van der Waals surface area contributed by atoms with Gasteiger partial charge in [-0.05, 0) is 61.4 Å². The fourth-order valence-corrected chi connectivity index (χ4v) is 3.94. The van der Waals surface area contributed by atoms with E-state index in [2.05, 4.69) is 31.9 Å². The standard InChI is InChI=1S/C25H23BrClN3O2/c26-19-13-11-18(12-14-19)25(31)28-17-24-29-21-8-2-3-9-22(21)30(24)15-5-6-16-32-23-10-4-1-7-20(23)27/h1-4,7-14H,5-6,15-17H2,(H,28,31). The van der Waals surface area contributed by atoms with Crippen LogP contribution in [-0.2, 0) is 13.1 Å². The number of ether oxygens (including phenoxy) is 1. The number of para-hydroxylation sites is 3. The second kappa shape index (κ2) is 10.7. The highest BCUT2D eigenvalue weighted by atomic mass is 79.9. The fourth-order valence-electron chi connectivity index (χ4n) is 3.49. The van der Waals surface area contributed by atoms with E-state index in [0.29, 0.717) is 29.5 Å². The minimum Gasteiger partial charge on any atom is -0.492 e. The van der Waals surface area contributed by atoms with Crippen LogP contribution >= 0.6 is 27.5 Å². The van der Waals surface area contributed by atoms with E-state index in [0.717, 1.165) is 40.7 Å². The normalized spacial score (nSPS) is 10.9. The van der Waals surface area contributed by atoms with E-state index in [9.17, 15) is 4.79 Å². The molecule has 0 aliphatic carbocycles. The van der Waals surface area contributed by atoms with Gasteiger partial charge in [0.15, 0.2) is 0 Å². The van der Waals surface area contributed by atoms with Crippen molar-refractivity contribution in [2.24, 2.45) is 0 Å². The van der Waals surface area contributed by atoms with Crippen molar-refractivity contribution in [3.05, 3.63) is 93.7 Å². The van der Waals surface area contributed by atoms with E-state index in [1.807, 2.05) is 54.6 Å². The van der Waals surface area contributed by atoms with Crippen LogP contribution < -0.4 is 10.1 Å². The molecular formula is C25H23BrClN3O2. The Morgan fingerprint density at radius 3 is 2.56 bits per heavy atom. The van der Waals surface area contributed by atoms with Gasteiger partial charge in [-0.3, -0.25) is 4.79 Å². The van der Waals surface area contributed by atoms with Crippen molar-refractivity contribution in [3.63, 3.8) is 0 Å². The molecule has 1 aromatic heterocycles. The van der Waals surface area contributed by atoms with Gasteiger partial charge in [-0.15, -0.1) is 0 Å². The number of imidazole rings is 1. The number of carbonyl (C=O) groups excluding carboxylic acids is 1. The average Bonchev–Trinajstić information content (AvgIpc) is 3.16. The fraction of sp³-hybridized carbons (Fsp3) is 0.200. The number of fused-ring (bicyclic) bond motifs is 1. The molecule has 3 aromatic carbocycles. The van der Waals surface area contributed by atoms with Crippen LogP contribution in [0.1, 0.15) is 29.0 Å². The van der Waals surface area contributed by atoms with Gasteiger partial charge < -0.3 is 14.6 Å². The van der Waals surface area contributed by atoms with Gasteiger partial charge in [0.25, 0.3) is 5.91 Å². The molecule has 5 nitrogen and oxygen atoms in total. The number of halogens is 2. The quantitative estimate of drug-likeness (QED) is 0.270. The first-order chi connectivity index (χ1) is 15.6. The molecule has 164 valence electrons. The van der Waals surface area contributed by atoms with Crippen molar-refractivity contribution in [2.45, 2.75) is 25.9 Å². The largest absolute Gasteiger partial charge is 0.492 e. The van der Waals surface area contributed by atoms with Crippen LogP contribution in [0.5, 0.6) is 5.75 Å². The number of amides is 1. The molecular weight excluding hydrogens is 490 g/mol. The lowest BCUT2D eigenvalue weighted by atomic mass is 10.2. The number of nitrogens with zero attached hydrogens (tertiary/aromatic N) is 2. The Bertz CT molecular complexity index is 1210. The van der Waals surface area contributed by atoms with Crippen LogP contribution in [-0.4, -0.2) is 22.1 Å². The Morgan fingerprint density at radius 1 is 1.00 bits per heavy atom. The van der Waals surface area contributed by atoms with Crippen molar-refractivity contribution < 1.29 is 9.53 Å². The van der Waals surface area contributed by atoms with E-state index >= 15 is 0 Å². The average molecular weight is 513 g/mol. The van der Waals surface area contributed by atoms with E-state index in [1.165, 1.54) is 0 Å². The third-order valence-corrected chi connectivity index (χ3v) is 5.96. The Labute approximate surface area is 200 Å². The molecule has 0 spiro atoms. The highest BCUT2D eigenvalue weighted by Gasteiger charge is 2.12. The molecule has 0 saturated heterocycles. The Hall–Kier alpha value is -2.83. The lowest BCUT2D eigenvalue weighted by Gasteiger charge is -2.11. The van der Waals surface area contributed by atoms with Gasteiger partial charge in [-0.25, -0.2) is 4.98 Å². The van der Waals surface area contributed by atoms with E-state index in [4.69, 9.17) is 21.3 Å². The molecule has 1 amide bonds. The lowest BCUT2D eigenvalue weighted by Crippen LogP contribution is -2.24. The van der Waals surface area contributed by atoms with Crippen LogP contribution in [0.4, 0.5) is 0 Å². The highest BCUT2D eigenvalue weighted by molar-refractivity contribution is 9.10. The number of unbranched alkanes of at least 4 members (excludes halogenated alkanes) is 1. The Morgan fingerprint density at radius 2 is 1.75 bits per heavy atom. The monoisotopic (exact) mass is 511 g/mol. The Kier molecular flexibility index (Phi) is 7.45. The van der Waals surface area contributed by atoms with Crippen LogP contribution in [0.2, 0.25) is 5.02 Å². The highest BCUT2D eigenvalue weighted by Crippen LogP contribution is 2.23. The van der Waals surface area contributed by atoms with E-state index in [1.54, 1.807) is 12.1 Å². The summed E-state index contributed by atoms with van der Waals surface area (Å²) in [5.74, 6) is 1.42. The first kappa shape index (κ1) is 22.4. The van der Waals surface area contributed by atoms with Gasteiger partial charge in [-0.2, -0.15) is 0 Å². The summed E-state index contributed by atoms with van der Waals surface area (Å²) in [4.78, 5) is 17.3. The lowest BCUT2D eigenvalue weighted by molar-refractivity contribution is 0.0949. The maximum absolute atomic E-state index is 12.5. The molecule has 0 radical (unpaired) electrons. The summed E-state index contributed by atoms with van der Waals surface area (Å²) in [6.45, 7) is 1.74. The van der Waals surface area contributed by atoms with Gasteiger partial charge in [-0.1, -0.05) is 51.8 Å². The third kappa shape index (κ3) is 5.50. The first-order valence-electron chi connectivity index (χ1n) is 10.5. The summed E-state index contributed by atoms with van der Waals surface area (Å²) in [5.41, 5.74) is 2.60. The summed E-state index contributed by atoms with van der Waals surface area (Å²) in [7, 11) is 0. The number of nitrogens with one attached hydrogen (secondary N) is 1. The molecule has 1 N–H and O–H groups in total. The maximum Gasteiger partial charge on any atom is 0.251 e. The SMILES string of the molecule is O=C(NCc1nc2ccccc2n1CCCCOc1ccccc1Cl)c1ccc(Br)cc1. The van der Waals surface area contributed by atoms with Crippen molar-refractivity contribution in [1.82, 2.24) is 14.9 Å². The number of hydrogen-bond acceptors (Lipinski definition) is 3. The van der Waals surface area contributed by atoms with Crippen molar-refractivity contribution >= 4 is 44.5 Å². The zero-order chi connectivity index (χ0) is 22.3. The molecule has 4 rings (SSSR count). The number of rotatable bonds is 9. The summed E-state index contributed by atoms with van der Waals surface area (Å²) >= 11 is 9.53. The number of aromatic nitrogens is 2. The summed E-state index contributed by atoms with van der Waals surface area (Å²) < 4.78 is 8.91. The van der Waals surface area contributed by atoms with Gasteiger partial charge in [0.05, 0.1) is 29.2 Å². The molecule has 32 heavy (non-hydrogen) atoms. The summed E-state index contributed by atoms with van der Waals surface area (Å²) in [6, 6.07) is 22.8. The molecule has 0 saturated carbocycles. The maximum atomic E-state index is 12.5. The predicted molar refractivity (Wildman–Crippen MR) is 131 cm³/mol. The second-order valence-corrected chi connectivity index (χ2v) is 8.67. The molecule has 1 heterocycles. The van der Waals surface area contributed by atoms with Gasteiger partial charge in [0, 0.05) is 16.6 Å². The smallest absolute Gasteiger partial charge is 0.251 e. The van der Waals surface area contributed by atoms with Crippen LogP contribution in [0.15, 0.2) is 77.3 Å². The molecule has 0 unspecified atom stereocenters. The number of carbonyl (C=O) groups is 1. The van der Waals surface area contributed by atoms with Gasteiger partial charge >= 0.3 is 0 Å². The third-order valence-electron chi connectivity index (χ3n) is 5.12. The van der Waals surface area contributed by atoms with Crippen LogP contribution in [0.3, 0.4) is 0 Å². The molecule has 0 aliphatic rings. The molecule has 7 heteroatoms. The summed E-state index contributed by atoms with van der Waals surface area (Å²) in [6.07, 6.45) is 1.79. The Balaban J connectivity index is 1.38. The van der Waals surface area contributed by atoms with Crippen molar-refractivity contribution in [1.29, 1.82) is 0 Å². The summed E-state index contributed by atoms with van der Waals surface area (Å²) in [5, 5.41) is 3.61. The number of aryl methyl sites for hydroxylation is 1. The molecule has 4 aromatic rings. The van der Waals surface area contributed by atoms with Crippen molar-refractivity contribution in [2.75, 3.05) is 6.61 Å². The number of hydrogen-bond donors (Lipinski definition) is 1. The van der Waals surface area contributed by atoms with Crippen molar-refractivity contribution in [3.8, 4) is 5.75 Å². The zero-order valence-corrected chi connectivity index (χ0v) is 19.8. The van der Waals surface area contributed by atoms with Crippen LogP contribution in [0, 0.1) is 0 Å². The van der Waals surface area contributed by atoms with E-state index in [-0.39, 0.29) is 5.91 Å². The zero-order valence-electron chi connectivity index (χ0n) is 17.4. The topological polar surface area (TPSA) is 56.2 Å². The minimum absolute atomic E-state index is 0.121. The second-order valence-electron chi connectivity index (χ2n) is 7.34. The molecule has 0 fully saturated rings. The molecule has 0 bridgehead atoms. The molecule has 0 atom stereocenters. The van der Waals surface area contributed by atoms with Gasteiger partial charge in [0.2, 0.25) is 0 Å². The van der Waals surface area contributed by atoms with Gasteiger partial charge in [0.1, 0.15) is 11.6 Å². The minimum atomic E-state index is -0.121. The first-order valence-corrected chi connectivity index (χ1v) is 11.6. The predicted octanol–water partition coefficient (Wildman–Crippen LogP) is 6.24. The van der Waals surface area contributed by atoms with E-state index < -0.39 is 0 Å². The number of benzene rings is 3.